The first kappa shape index (κ1) is 9.43. The fraction of sp³-hybridized carbons (Fsp3) is 1.00. The number of aliphatic hydroxyl groups is 1. The van der Waals surface area contributed by atoms with Gasteiger partial charge in [0.1, 0.15) is 6.10 Å². The first-order valence-corrected chi connectivity index (χ1v) is 5.65. The first-order valence-electron chi connectivity index (χ1n) is 4.55. The first-order chi connectivity index (χ1) is 6.01. The fourth-order valence-corrected chi connectivity index (χ4v) is 3.39. The molecule has 0 aromatic heterocycles. The maximum Gasteiger partial charge on any atom is 0.257 e. The van der Waals surface area contributed by atoms with Gasteiger partial charge in [-0.3, -0.25) is 4.18 Å². The zero-order valence-corrected chi connectivity index (χ0v) is 8.37. The van der Waals surface area contributed by atoms with Gasteiger partial charge in [-0.15, -0.1) is 0 Å². The Hall–Kier alpha value is -0.130. The molecule has 0 saturated heterocycles. The summed E-state index contributed by atoms with van der Waals surface area (Å²) in [6.45, 7) is 1.68. The topological polar surface area (TPSA) is 63.6 Å². The third kappa shape index (κ3) is 1.39. The SMILES string of the molecule is CC1(O)C2CCC(C2)C1O[SH](=O)=O. The zero-order valence-electron chi connectivity index (χ0n) is 7.47. The van der Waals surface area contributed by atoms with Crippen molar-refractivity contribution in [2.75, 3.05) is 0 Å². The molecule has 0 aliphatic heterocycles. The van der Waals surface area contributed by atoms with E-state index in [1.165, 1.54) is 0 Å². The van der Waals surface area contributed by atoms with Crippen molar-refractivity contribution in [2.45, 2.75) is 37.9 Å². The summed E-state index contributed by atoms with van der Waals surface area (Å²) in [5.74, 6) is 0.449. The number of rotatable bonds is 2. The number of fused-ring (bicyclic) bond motifs is 2. The molecule has 0 amide bonds. The molecular formula is C8H14O4S. The Morgan fingerprint density at radius 2 is 2.15 bits per heavy atom. The highest BCUT2D eigenvalue weighted by Crippen LogP contribution is 2.51. The Bertz CT molecular complexity index is 276. The van der Waals surface area contributed by atoms with Gasteiger partial charge in [0.25, 0.3) is 11.0 Å². The summed E-state index contributed by atoms with van der Waals surface area (Å²) in [4.78, 5) is 0. The molecule has 4 unspecified atom stereocenters. The Morgan fingerprint density at radius 3 is 2.62 bits per heavy atom. The molecule has 0 radical (unpaired) electrons. The van der Waals surface area contributed by atoms with Crippen molar-refractivity contribution >= 4 is 11.0 Å². The molecule has 4 atom stereocenters. The van der Waals surface area contributed by atoms with Gasteiger partial charge in [-0.25, -0.2) is 8.42 Å². The van der Waals surface area contributed by atoms with Gasteiger partial charge in [0.2, 0.25) is 0 Å². The van der Waals surface area contributed by atoms with Crippen LogP contribution >= 0.6 is 0 Å². The van der Waals surface area contributed by atoms with Crippen molar-refractivity contribution in [3.63, 3.8) is 0 Å². The molecule has 2 aliphatic rings. The van der Waals surface area contributed by atoms with Gasteiger partial charge in [-0.2, -0.15) is 0 Å². The second-order valence-corrected chi connectivity index (χ2v) is 4.90. The summed E-state index contributed by atoms with van der Waals surface area (Å²) < 4.78 is 25.6. The van der Waals surface area contributed by atoms with Crippen LogP contribution in [0.1, 0.15) is 26.2 Å². The van der Waals surface area contributed by atoms with Crippen molar-refractivity contribution in [3.05, 3.63) is 0 Å². The Kier molecular flexibility index (Phi) is 2.13. The summed E-state index contributed by atoms with van der Waals surface area (Å²) in [7, 11) is -2.84. The minimum absolute atomic E-state index is 0.220. The van der Waals surface area contributed by atoms with E-state index in [0.29, 0.717) is 0 Å². The van der Waals surface area contributed by atoms with Gasteiger partial charge in [-0.1, -0.05) is 0 Å². The largest absolute Gasteiger partial charge is 0.387 e. The summed E-state index contributed by atoms with van der Waals surface area (Å²) >= 11 is 0. The second kappa shape index (κ2) is 2.93. The third-order valence-corrected chi connectivity index (χ3v) is 3.90. The maximum absolute atomic E-state index is 10.4. The van der Waals surface area contributed by atoms with E-state index >= 15 is 0 Å². The molecule has 0 aromatic rings. The van der Waals surface area contributed by atoms with Crippen molar-refractivity contribution < 1.29 is 17.7 Å². The van der Waals surface area contributed by atoms with Crippen molar-refractivity contribution in [2.24, 2.45) is 11.8 Å². The molecule has 1 N–H and O–H groups in total. The van der Waals surface area contributed by atoms with Crippen molar-refractivity contribution in [1.29, 1.82) is 0 Å². The number of hydrogen-bond donors (Lipinski definition) is 2. The van der Waals surface area contributed by atoms with Crippen LogP contribution in [0.5, 0.6) is 0 Å². The molecule has 2 aliphatic carbocycles. The van der Waals surface area contributed by atoms with Crippen LogP contribution in [0, 0.1) is 11.8 Å². The second-order valence-electron chi connectivity index (χ2n) is 4.25. The summed E-state index contributed by atoms with van der Waals surface area (Å²) in [5.41, 5.74) is -0.946. The van der Waals surface area contributed by atoms with Gasteiger partial charge >= 0.3 is 0 Å². The highest BCUT2D eigenvalue weighted by molar-refractivity contribution is 7.67. The van der Waals surface area contributed by atoms with Crippen LogP contribution in [0.2, 0.25) is 0 Å². The molecule has 4 nitrogen and oxygen atoms in total. The Labute approximate surface area is 79.1 Å². The van der Waals surface area contributed by atoms with Crippen LogP contribution < -0.4 is 0 Å². The van der Waals surface area contributed by atoms with Crippen LogP contribution in [0.4, 0.5) is 0 Å². The standard InChI is InChI=1S/C8H14O4S/c1-8(9)6-3-2-5(4-6)7(8)12-13(10)11/h5-7,9,13H,2-4H2,1H3. The summed E-state index contributed by atoms with van der Waals surface area (Å²) in [6, 6.07) is 0. The highest BCUT2D eigenvalue weighted by atomic mass is 32.2. The van der Waals surface area contributed by atoms with Gasteiger partial charge < -0.3 is 5.11 Å². The van der Waals surface area contributed by atoms with E-state index in [-0.39, 0.29) is 11.8 Å². The van der Waals surface area contributed by atoms with E-state index in [4.69, 9.17) is 4.18 Å². The van der Waals surface area contributed by atoms with Gasteiger partial charge in [0.05, 0.1) is 5.60 Å². The summed E-state index contributed by atoms with van der Waals surface area (Å²) in [6.07, 6.45) is 2.37. The van der Waals surface area contributed by atoms with E-state index in [0.717, 1.165) is 19.3 Å². The monoisotopic (exact) mass is 206 g/mol. The van der Waals surface area contributed by atoms with E-state index in [1.807, 2.05) is 0 Å². The average Bonchev–Trinajstić information content (AvgIpc) is 2.53. The number of hydrogen-bond acceptors (Lipinski definition) is 4. The predicted octanol–water partition coefficient (Wildman–Crippen LogP) is 0.0789. The van der Waals surface area contributed by atoms with Gasteiger partial charge in [0.15, 0.2) is 0 Å². The van der Waals surface area contributed by atoms with E-state index in [9.17, 15) is 13.5 Å². The quantitative estimate of drug-likeness (QED) is 0.628. The van der Waals surface area contributed by atoms with E-state index in [2.05, 4.69) is 0 Å². The lowest BCUT2D eigenvalue weighted by atomic mass is 9.84. The smallest absolute Gasteiger partial charge is 0.257 e. The normalized spacial score (nSPS) is 49.0. The predicted molar refractivity (Wildman–Crippen MR) is 46.6 cm³/mol. The lowest BCUT2D eigenvalue weighted by Crippen LogP contribution is -2.45. The minimum atomic E-state index is -2.84. The van der Waals surface area contributed by atoms with Crippen molar-refractivity contribution in [1.82, 2.24) is 0 Å². The molecule has 0 aromatic carbocycles. The van der Waals surface area contributed by atoms with Crippen LogP contribution in [0.3, 0.4) is 0 Å². The number of thiol groups is 1. The molecule has 2 saturated carbocycles. The van der Waals surface area contributed by atoms with Crippen LogP contribution in [0.25, 0.3) is 0 Å². The lowest BCUT2D eigenvalue weighted by molar-refractivity contribution is -0.0781. The molecule has 13 heavy (non-hydrogen) atoms. The molecule has 2 bridgehead atoms. The van der Waals surface area contributed by atoms with E-state index in [1.54, 1.807) is 6.92 Å². The lowest BCUT2D eigenvalue weighted by Gasteiger charge is -2.34. The average molecular weight is 206 g/mol. The maximum atomic E-state index is 10.4. The minimum Gasteiger partial charge on any atom is -0.387 e. The third-order valence-electron chi connectivity index (χ3n) is 3.50. The van der Waals surface area contributed by atoms with Crippen LogP contribution in [-0.2, 0) is 15.2 Å². The Morgan fingerprint density at radius 1 is 1.46 bits per heavy atom. The summed E-state index contributed by atoms with van der Waals surface area (Å²) in [5, 5.41) is 10.0. The zero-order chi connectivity index (χ0) is 9.64. The molecule has 76 valence electrons. The highest BCUT2D eigenvalue weighted by Gasteiger charge is 2.56. The molecule has 0 heterocycles. The van der Waals surface area contributed by atoms with Crippen LogP contribution in [0.15, 0.2) is 0 Å². The van der Waals surface area contributed by atoms with Gasteiger partial charge in [0, 0.05) is 0 Å². The van der Waals surface area contributed by atoms with Crippen LogP contribution in [-0.4, -0.2) is 25.2 Å². The fourth-order valence-electron chi connectivity index (χ4n) is 2.82. The molecular weight excluding hydrogens is 192 g/mol. The van der Waals surface area contributed by atoms with Crippen molar-refractivity contribution in [3.8, 4) is 0 Å². The van der Waals surface area contributed by atoms with E-state index < -0.39 is 22.7 Å². The van der Waals surface area contributed by atoms with Gasteiger partial charge in [-0.05, 0) is 38.0 Å². The molecule has 2 rings (SSSR count). The molecule has 5 heteroatoms. The molecule has 2 fully saturated rings. The Balaban J connectivity index is 2.18. The molecule has 0 spiro atoms.